The SMILES string of the molecule is Cc1nn(Cc2ccc(F)cc2)c(Cl)c1C(=O)NCCCN1CCCCCC1=O. The number of hydrogen-bond acceptors (Lipinski definition) is 3. The van der Waals surface area contributed by atoms with Crippen LogP contribution in [-0.4, -0.2) is 46.1 Å². The zero-order valence-electron chi connectivity index (χ0n) is 16.6. The quantitative estimate of drug-likeness (QED) is 0.696. The van der Waals surface area contributed by atoms with Gasteiger partial charge < -0.3 is 10.2 Å². The van der Waals surface area contributed by atoms with Crippen LogP contribution in [0.5, 0.6) is 0 Å². The predicted molar refractivity (Wildman–Crippen MR) is 109 cm³/mol. The zero-order valence-corrected chi connectivity index (χ0v) is 17.3. The molecule has 1 aromatic carbocycles. The van der Waals surface area contributed by atoms with E-state index in [1.807, 2.05) is 4.90 Å². The number of likely N-dealkylation sites (tertiary alicyclic amines) is 1. The highest BCUT2D eigenvalue weighted by Gasteiger charge is 2.21. The molecule has 1 saturated heterocycles. The summed E-state index contributed by atoms with van der Waals surface area (Å²) in [5.41, 5.74) is 1.72. The van der Waals surface area contributed by atoms with Gasteiger partial charge in [-0.2, -0.15) is 5.10 Å². The first-order chi connectivity index (χ1) is 14.0. The average molecular weight is 421 g/mol. The molecule has 3 rings (SSSR count). The molecule has 1 aromatic heterocycles. The van der Waals surface area contributed by atoms with E-state index in [-0.39, 0.29) is 22.8 Å². The van der Waals surface area contributed by atoms with Crippen LogP contribution in [0.1, 0.15) is 53.7 Å². The number of rotatable bonds is 7. The third kappa shape index (κ3) is 5.56. The molecule has 0 unspecified atom stereocenters. The lowest BCUT2D eigenvalue weighted by molar-refractivity contribution is -0.130. The number of nitrogens with zero attached hydrogens (tertiary/aromatic N) is 3. The van der Waals surface area contributed by atoms with Gasteiger partial charge in [0.15, 0.2) is 0 Å². The standard InChI is InChI=1S/C21H26ClFN4O2/c1-15-19(20(22)27(25-15)14-16-7-9-17(23)10-8-16)21(29)24-11-5-13-26-12-4-2-3-6-18(26)28/h7-10H,2-6,11-14H2,1H3,(H,24,29). The van der Waals surface area contributed by atoms with Crippen molar-refractivity contribution < 1.29 is 14.0 Å². The number of nitrogens with one attached hydrogen (secondary N) is 1. The van der Waals surface area contributed by atoms with Crippen LogP contribution in [0.3, 0.4) is 0 Å². The molecule has 2 aromatic rings. The van der Waals surface area contributed by atoms with Crippen molar-refractivity contribution in [1.29, 1.82) is 0 Å². The smallest absolute Gasteiger partial charge is 0.256 e. The Labute approximate surface area is 175 Å². The first kappa shape index (κ1) is 21.3. The molecular formula is C21H26ClFN4O2. The summed E-state index contributed by atoms with van der Waals surface area (Å²) in [7, 11) is 0. The van der Waals surface area contributed by atoms with Crippen LogP contribution in [0.2, 0.25) is 5.15 Å². The van der Waals surface area contributed by atoms with Gasteiger partial charge in [-0.05, 0) is 43.9 Å². The Bertz CT molecular complexity index is 866. The van der Waals surface area contributed by atoms with Crippen molar-refractivity contribution in [3.05, 3.63) is 52.1 Å². The number of amides is 2. The van der Waals surface area contributed by atoms with E-state index >= 15 is 0 Å². The van der Waals surface area contributed by atoms with Crippen LogP contribution in [0.4, 0.5) is 4.39 Å². The third-order valence-corrected chi connectivity index (χ3v) is 5.48. The number of aromatic nitrogens is 2. The Morgan fingerprint density at radius 2 is 2.00 bits per heavy atom. The molecule has 1 aliphatic heterocycles. The lowest BCUT2D eigenvalue weighted by Gasteiger charge is -2.20. The molecule has 0 atom stereocenters. The van der Waals surface area contributed by atoms with Crippen molar-refractivity contribution in [2.45, 2.75) is 45.6 Å². The Morgan fingerprint density at radius 1 is 1.24 bits per heavy atom. The molecule has 29 heavy (non-hydrogen) atoms. The van der Waals surface area contributed by atoms with Crippen molar-refractivity contribution >= 4 is 23.4 Å². The monoisotopic (exact) mass is 420 g/mol. The van der Waals surface area contributed by atoms with Gasteiger partial charge in [-0.15, -0.1) is 0 Å². The average Bonchev–Trinajstić information content (AvgIpc) is 2.84. The fraction of sp³-hybridized carbons (Fsp3) is 0.476. The lowest BCUT2D eigenvalue weighted by atomic mass is 10.2. The summed E-state index contributed by atoms with van der Waals surface area (Å²) in [6, 6.07) is 6.07. The van der Waals surface area contributed by atoms with E-state index in [1.165, 1.54) is 16.8 Å². The molecule has 156 valence electrons. The van der Waals surface area contributed by atoms with Gasteiger partial charge in [-0.25, -0.2) is 9.07 Å². The largest absolute Gasteiger partial charge is 0.352 e. The third-order valence-electron chi connectivity index (χ3n) is 5.10. The molecule has 0 spiro atoms. The highest BCUT2D eigenvalue weighted by Crippen LogP contribution is 2.21. The van der Waals surface area contributed by atoms with E-state index in [0.29, 0.717) is 43.7 Å². The highest BCUT2D eigenvalue weighted by atomic mass is 35.5. The summed E-state index contributed by atoms with van der Waals surface area (Å²) in [4.78, 5) is 26.5. The molecule has 1 aliphatic rings. The minimum atomic E-state index is -0.307. The minimum absolute atomic E-state index is 0.204. The molecule has 2 heterocycles. The molecule has 0 saturated carbocycles. The van der Waals surface area contributed by atoms with Gasteiger partial charge in [0, 0.05) is 26.1 Å². The van der Waals surface area contributed by atoms with E-state index in [0.717, 1.165) is 31.4 Å². The Hall–Kier alpha value is -2.41. The van der Waals surface area contributed by atoms with Gasteiger partial charge in [0.05, 0.1) is 17.8 Å². The zero-order chi connectivity index (χ0) is 20.8. The summed E-state index contributed by atoms with van der Waals surface area (Å²) in [5.74, 6) is -0.381. The van der Waals surface area contributed by atoms with E-state index in [9.17, 15) is 14.0 Å². The second kappa shape index (κ2) is 9.87. The molecular weight excluding hydrogens is 395 g/mol. The Balaban J connectivity index is 1.54. The summed E-state index contributed by atoms with van der Waals surface area (Å²) in [6.07, 6.45) is 4.41. The van der Waals surface area contributed by atoms with Crippen molar-refractivity contribution in [2.24, 2.45) is 0 Å². The van der Waals surface area contributed by atoms with E-state index in [4.69, 9.17) is 11.6 Å². The Kier molecular flexibility index (Phi) is 7.25. The van der Waals surface area contributed by atoms with Crippen molar-refractivity contribution in [3.8, 4) is 0 Å². The minimum Gasteiger partial charge on any atom is -0.352 e. The number of carbonyl (C=O) groups excluding carboxylic acids is 2. The van der Waals surface area contributed by atoms with E-state index in [1.54, 1.807) is 19.1 Å². The second-order valence-electron chi connectivity index (χ2n) is 7.34. The number of aryl methyl sites for hydroxylation is 1. The topological polar surface area (TPSA) is 67.2 Å². The van der Waals surface area contributed by atoms with Crippen LogP contribution in [0.25, 0.3) is 0 Å². The van der Waals surface area contributed by atoms with Gasteiger partial charge >= 0.3 is 0 Å². The van der Waals surface area contributed by atoms with E-state index in [2.05, 4.69) is 10.4 Å². The molecule has 0 radical (unpaired) electrons. The number of hydrogen-bond donors (Lipinski definition) is 1. The van der Waals surface area contributed by atoms with Crippen LogP contribution in [0.15, 0.2) is 24.3 Å². The summed E-state index contributed by atoms with van der Waals surface area (Å²) < 4.78 is 14.6. The van der Waals surface area contributed by atoms with Crippen molar-refractivity contribution in [1.82, 2.24) is 20.0 Å². The van der Waals surface area contributed by atoms with E-state index < -0.39 is 0 Å². The Morgan fingerprint density at radius 3 is 2.76 bits per heavy atom. The first-order valence-corrected chi connectivity index (χ1v) is 10.4. The van der Waals surface area contributed by atoms with Crippen molar-refractivity contribution in [3.63, 3.8) is 0 Å². The lowest BCUT2D eigenvalue weighted by Crippen LogP contribution is -2.34. The maximum absolute atomic E-state index is 13.1. The molecule has 1 N–H and O–H groups in total. The summed E-state index contributed by atoms with van der Waals surface area (Å²) in [5, 5.41) is 7.48. The van der Waals surface area contributed by atoms with Crippen LogP contribution in [0, 0.1) is 12.7 Å². The molecule has 8 heteroatoms. The molecule has 0 bridgehead atoms. The second-order valence-corrected chi connectivity index (χ2v) is 7.69. The van der Waals surface area contributed by atoms with Crippen LogP contribution >= 0.6 is 11.6 Å². The van der Waals surface area contributed by atoms with Gasteiger partial charge in [0.25, 0.3) is 5.91 Å². The van der Waals surface area contributed by atoms with Gasteiger partial charge in [0.2, 0.25) is 5.91 Å². The van der Waals surface area contributed by atoms with Gasteiger partial charge in [0.1, 0.15) is 11.0 Å². The van der Waals surface area contributed by atoms with Crippen LogP contribution in [-0.2, 0) is 11.3 Å². The molecule has 1 fully saturated rings. The number of halogens is 2. The maximum atomic E-state index is 13.1. The summed E-state index contributed by atoms with van der Waals surface area (Å²) >= 11 is 6.39. The van der Waals surface area contributed by atoms with Crippen LogP contribution < -0.4 is 5.32 Å². The normalized spacial score (nSPS) is 14.7. The first-order valence-electron chi connectivity index (χ1n) is 9.99. The maximum Gasteiger partial charge on any atom is 0.256 e. The van der Waals surface area contributed by atoms with Crippen molar-refractivity contribution in [2.75, 3.05) is 19.6 Å². The fourth-order valence-corrected chi connectivity index (χ4v) is 3.83. The molecule has 2 amide bonds. The molecule has 0 aliphatic carbocycles. The summed E-state index contributed by atoms with van der Waals surface area (Å²) in [6.45, 7) is 3.99. The number of carbonyl (C=O) groups is 2. The molecule has 6 nitrogen and oxygen atoms in total. The predicted octanol–water partition coefficient (Wildman–Crippen LogP) is 3.55. The number of benzene rings is 1. The van der Waals surface area contributed by atoms with Gasteiger partial charge in [-0.3, -0.25) is 9.59 Å². The van der Waals surface area contributed by atoms with Gasteiger partial charge in [-0.1, -0.05) is 30.2 Å². The fourth-order valence-electron chi connectivity index (χ4n) is 3.51. The highest BCUT2D eigenvalue weighted by molar-refractivity contribution is 6.33.